The summed E-state index contributed by atoms with van der Waals surface area (Å²) in [5.74, 6) is 0.0314. The smallest absolute Gasteiger partial charge is 0.324 e. The van der Waals surface area contributed by atoms with E-state index in [1.165, 1.54) is 0 Å². The molecule has 0 heterocycles. The van der Waals surface area contributed by atoms with Gasteiger partial charge in [0.05, 0.1) is 0 Å². The van der Waals surface area contributed by atoms with Crippen LogP contribution in [0.3, 0.4) is 0 Å². The molecule has 0 radical (unpaired) electrons. The molecular formula is C12H23ClN2O2. The standard InChI is InChI=1S/C12H23ClN2O2/c1-5-10(6-2)8-15(7-3)12(17)14-11(16)9(4)13/h9-10H,5-8H2,1-4H3,(H,14,16,17). The molecule has 0 saturated heterocycles. The van der Waals surface area contributed by atoms with Crippen molar-refractivity contribution in [2.45, 2.75) is 45.9 Å². The second-order valence-electron chi connectivity index (χ2n) is 4.13. The Labute approximate surface area is 109 Å². The van der Waals surface area contributed by atoms with Crippen molar-refractivity contribution >= 4 is 23.5 Å². The average molecular weight is 263 g/mol. The lowest BCUT2D eigenvalue weighted by Crippen LogP contribution is -2.46. The summed E-state index contributed by atoms with van der Waals surface area (Å²) in [6.45, 7) is 8.92. The molecule has 17 heavy (non-hydrogen) atoms. The van der Waals surface area contributed by atoms with Gasteiger partial charge in [-0.2, -0.15) is 0 Å². The van der Waals surface area contributed by atoms with Crippen molar-refractivity contribution in [2.75, 3.05) is 13.1 Å². The largest absolute Gasteiger partial charge is 0.324 e. The molecular weight excluding hydrogens is 240 g/mol. The Morgan fingerprint density at radius 2 is 1.76 bits per heavy atom. The van der Waals surface area contributed by atoms with E-state index in [4.69, 9.17) is 11.6 Å². The number of carbonyl (C=O) groups is 2. The van der Waals surface area contributed by atoms with Crippen molar-refractivity contribution in [2.24, 2.45) is 5.92 Å². The number of amides is 3. The van der Waals surface area contributed by atoms with Gasteiger partial charge in [-0.1, -0.05) is 26.7 Å². The van der Waals surface area contributed by atoms with Crippen LogP contribution in [0.1, 0.15) is 40.5 Å². The monoisotopic (exact) mass is 262 g/mol. The van der Waals surface area contributed by atoms with Gasteiger partial charge in [-0.3, -0.25) is 10.1 Å². The molecule has 0 fully saturated rings. The number of urea groups is 1. The van der Waals surface area contributed by atoms with Gasteiger partial charge in [0.2, 0.25) is 5.91 Å². The summed E-state index contributed by atoms with van der Waals surface area (Å²) in [5, 5.41) is 1.61. The van der Waals surface area contributed by atoms with Crippen LogP contribution >= 0.6 is 11.6 Å². The molecule has 0 aromatic rings. The lowest BCUT2D eigenvalue weighted by molar-refractivity contribution is -0.119. The predicted octanol–water partition coefficient (Wildman–Crippen LogP) is 2.61. The van der Waals surface area contributed by atoms with Crippen LogP contribution in [0.25, 0.3) is 0 Å². The molecule has 0 bridgehead atoms. The SMILES string of the molecule is CCC(CC)CN(CC)C(=O)NC(=O)C(C)Cl. The van der Waals surface area contributed by atoms with Crippen LogP contribution in [0.2, 0.25) is 0 Å². The molecule has 0 rings (SSSR count). The quantitative estimate of drug-likeness (QED) is 0.748. The zero-order valence-corrected chi connectivity index (χ0v) is 11.9. The third-order valence-electron chi connectivity index (χ3n) is 2.89. The van der Waals surface area contributed by atoms with E-state index in [9.17, 15) is 9.59 Å². The Balaban J connectivity index is 4.35. The minimum absolute atomic E-state index is 0.350. The number of hydrogen-bond acceptors (Lipinski definition) is 2. The van der Waals surface area contributed by atoms with Crippen molar-refractivity contribution in [3.8, 4) is 0 Å². The number of nitrogens with zero attached hydrogens (tertiary/aromatic N) is 1. The van der Waals surface area contributed by atoms with Gasteiger partial charge in [-0.15, -0.1) is 11.6 Å². The fourth-order valence-electron chi connectivity index (χ4n) is 1.50. The maximum atomic E-state index is 11.8. The highest BCUT2D eigenvalue weighted by Crippen LogP contribution is 2.10. The van der Waals surface area contributed by atoms with Crippen LogP contribution in [-0.2, 0) is 4.79 Å². The number of carbonyl (C=O) groups excluding carboxylic acids is 2. The van der Waals surface area contributed by atoms with Crippen molar-refractivity contribution in [1.82, 2.24) is 10.2 Å². The normalized spacial score (nSPS) is 12.4. The molecule has 0 aromatic carbocycles. The molecule has 1 N–H and O–H groups in total. The third-order valence-corrected chi connectivity index (χ3v) is 3.09. The van der Waals surface area contributed by atoms with Gasteiger partial charge in [0.25, 0.3) is 0 Å². The van der Waals surface area contributed by atoms with Crippen LogP contribution in [0.5, 0.6) is 0 Å². The van der Waals surface area contributed by atoms with E-state index in [1.54, 1.807) is 11.8 Å². The van der Waals surface area contributed by atoms with E-state index < -0.39 is 11.3 Å². The van der Waals surface area contributed by atoms with Crippen LogP contribution in [0.4, 0.5) is 4.79 Å². The van der Waals surface area contributed by atoms with Crippen molar-refractivity contribution in [1.29, 1.82) is 0 Å². The number of halogens is 1. The lowest BCUT2D eigenvalue weighted by atomic mass is 10.0. The summed E-state index contributed by atoms with van der Waals surface area (Å²) in [6, 6.07) is -0.350. The van der Waals surface area contributed by atoms with Crippen LogP contribution in [0, 0.1) is 5.92 Å². The van der Waals surface area contributed by atoms with Gasteiger partial charge >= 0.3 is 6.03 Å². The highest BCUT2D eigenvalue weighted by Gasteiger charge is 2.19. The molecule has 0 aliphatic heterocycles. The van der Waals surface area contributed by atoms with Crippen molar-refractivity contribution in [3.05, 3.63) is 0 Å². The Morgan fingerprint density at radius 3 is 2.12 bits per heavy atom. The molecule has 0 spiro atoms. The molecule has 100 valence electrons. The number of rotatable bonds is 6. The first kappa shape index (κ1) is 16.2. The molecule has 0 aromatic heterocycles. The zero-order valence-electron chi connectivity index (χ0n) is 11.1. The minimum atomic E-state index is -0.689. The first-order valence-corrected chi connectivity index (χ1v) is 6.63. The van der Waals surface area contributed by atoms with E-state index in [2.05, 4.69) is 19.2 Å². The van der Waals surface area contributed by atoms with Crippen LogP contribution in [0.15, 0.2) is 0 Å². The zero-order chi connectivity index (χ0) is 13.4. The highest BCUT2D eigenvalue weighted by molar-refractivity contribution is 6.31. The summed E-state index contributed by atoms with van der Waals surface area (Å²) >= 11 is 5.60. The summed E-state index contributed by atoms with van der Waals surface area (Å²) < 4.78 is 0. The second kappa shape index (κ2) is 8.34. The van der Waals surface area contributed by atoms with E-state index in [0.29, 0.717) is 19.0 Å². The molecule has 0 saturated carbocycles. The molecule has 4 nitrogen and oxygen atoms in total. The highest BCUT2D eigenvalue weighted by atomic mass is 35.5. The molecule has 1 atom stereocenters. The fraction of sp³-hybridized carbons (Fsp3) is 0.833. The van der Waals surface area contributed by atoms with Gasteiger partial charge in [0.1, 0.15) is 5.38 Å². The van der Waals surface area contributed by atoms with Crippen LogP contribution in [-0.4, -0.2) is 35.3 Å². The molecule has 5 heteroatoms. The maximum Gasteiger partial charge on any atom is 0.324 e. The number of hydrogen-bond donors (Lipinski definition) is 1. The van der Waals surface area contributed by atoms with Gasteiger partial charge in [0, 0.05) is 13.1 Å². The number of nitrogens with one attached hydrogen (secondary N) is 1. The first-order chi connectivity index (χ1) is 7.96. The molecule has 0 aliphatic rings. The van der Waals surface area contributed by atoms with E-state index >= 15 is 0 Å². The Hall–Kier alpha value is -0.770. The van der Waals surface area contributed by atoms with Crippen molar-refractivity contribution in [3.63, 3.8) is 0 Å². The summed E-state index contributed by atoms with van der Waals surface area (Å²) in [6.07, 6.45) is 2.06. The van der Waals surface area contributed by atoms with Gasteiger partial charge in [0.15, 0.2) is 0 Å². The number of imide groups is 1. The average Bonchev–Trinajstić information content (AvgIpc) is 2.30. The minimum Gasteiger partial charge on any atom is -0.324 e. The van der Waals surface area contributed by atoms with Crippen LogP contribution < -0.4 is 5.32 Å². The molecule has 1 unspecified atom stereocenters. The van der Waals surface area contributed by atoms with E-state index in [-0.39, 0.29) is 6.03 Å². The number of alkyl halides is 1. The van der Waals surface area contributed by atoms with Gasteiger partial charge in [-0.05, 0) is 19.8 Å². The Bertz CT molecular complexity index is 253. The lowest BCUT2D eigenvalue weighted by Gasteiger charge is -2.25. The third kappa shape index (κ3) is 5.91. The molecule has 0 aliphatic carbocycles. The molecule has 3 amide bonds. The maximum absolute atomic E-state index is 11.8. The van der Waals surface area contributed by atoms with Gasteiger partial charge < -0.3 is 4.90 Å². The van der Waals surface area contributed by atoms with Crippen molar-refractivity contribution < 1.29 is 9.59 Å². The first-order valence-electron chi connectivity index (χ1n) is 6.19. The van der Waals surface area contributed by atoms with Gasteiger partial charge in [-0.25, -0.2) is 4.79 Å². The fourth-order valence-corrected chi connectivity index (χ4v) is 1.55. The van der Waals surface area contributed by atoms with E-state index in [1.807, 2.05) is 6.92 Å². The summed E-state index contributed by atoms with van der Waals surface area (Å²) in [5.41, 5.74) is 0. The van der Waals surface area contributed by atoms with E-state index in [0.717, 1.165) is 12.8 Å². The topological polar surface area (TPSA) is 49.4 Å². The second-order valence-corrected chi connectivity index (χ2v) is 4.79. The Morgan fingerprint density at radius 1 is 1.24 bits per heavy atom. The predicted molar refractivity (Wildman–Crippen MR) is 70.2 cm³/mol. The summed E-state index contributed by atoms with van der Waals surface area (Å²) in [7, 11) is 0. The Kier molecular flexibility index (Phi) is 7.96. The summed E-state index contributed by atoms with van der Waals surface area (Å²) in [4.78, 5) is 24.7.